The Balaban J connectivity index is 1.52. The van der Waals surface area contributed by atoms with Gasteiger partial charge in [0.1, 0.15) is 46.0 Å². The Kier molecular flexibility index (Phi) is 9.62. The highest BCUT2D eigenvalue weighted by molar-refractivity contribution is 5.64. The number of aryl methyl sites for hydroxylation is 1. The molecule has 0 aliphatic rings. The lowest BCUT2D eigenvalue weighted by Gasteiger charge is -2.20. The highest BCUT2D eigenvalue weighted by atomic mass is 19.4. The highest BCUT2D eigenvalue weighted by Crippen LogP contribution is 2.38. The van der Waals surface area contributed by atoms with E-state index >= 15 is 0 Å². The van der Waals surface area contributed by atoms with Crippen molar-refractivity contribution in [3.63, 3.8) is 0 Å². The summed E-state index contributed by atoms with van der Waals surface area (Å²) in [5.74, 6) is -4.99. The maximum atomic E-state index is 14.9. The molecule has 0 radical (unpaired) electrons. The molecule has 0 aliphatic carbocycles. The summed E-state index contributed by atoms with van der Waals surface area (Å²) in [6, 6.07) is 10.9. The summed E-state index contributed by atoms with van der Waals surface area (Å²) in [4.78, 5) is 0. The molecular formula is C33H22F10O. The Morgan fingerprint density at radius 1 is 0.614 bits per heavy atom. The van der Waals surface area contributed by atoms with E-state index in [0.717, 1.165) is 55.5 Å². The number of benzene rings is 4. The van der Waals surface area contributed by atoms with Crippen LogP contribution < -0.4 is 4.74 Å². The molecule has 0 atom stereocenters. The molecule has 0 heterocycles. The first-order valence-electron chi connectivity index (χ1n) is 13.2. The summed E-state index contributed by atoms with van der Waals surface area (Å²) in [6.45, 7) is 2.07. The van der Waals surface area contributed by atoms with Crippen LogP contribution in [0.25, 0.3) is 11.1 Å². The van der Waals surface area contributed by atoms with Gasteiger partial charge in [-0.15, -0.1) is 0 Å². The molecule has 0 saturated carbocycles. The largest absolute Gasteiger partial charge is 0.432 e. The minimum absolute atomic E-state index is 0.0152. The van der Waals surface area contributed by atoms with Crippen LogP contribution >= 0.6 is 0 Å². The predicted octanol–water partition coefficient (Wildman–Crippen LogP) is 10.3. The second kappa shape index (κ2) is 13.0. The van der Waals surface area contributed by atoms with Crippen LogP contribution in [0.5, 0.6) is 5.75 Å². The van der Waals surface area contributed by atoms with Crippen LogP contribution in [0.4, 0.5) is 43.9 Å². The maximum absolute atomic E-state index is 14.9. The third-order valence-corrected chi connectivity index (χ3v) is 6.54. The lowest BCUT2D eigenvalue weighted by Crippen LogP contribution is -2.25. The third kappa shape index (κ3) is 7.54. The fourth-order valence-corrected chi connectivity index (χ4v) is 4.38. The van der Waals surface area contributed by atoms with E-state index in [1.54, 1.807) is 24.3 Å². The number of halogens is 10. The van der Waals surface area contributed by atoms with E-state index in [4.69, 9.17) is 0 Å². The zero-order valence-corrected chi connectivity index (χ0v) is 22.9. The third-order valence-electron chi connectivity index (χ3n) is 6.54. The van der Waals surface area contributed by atoms with Gasteiger partial charge in [-0.05, 0) is 65.9 Å². The van der Waals surface area contributed by atoms with Gasteiger partial charge in [-0.1, -0.05) is 55.9 Å². The summed E-state index contributed by atoms with van der Waals surface area (Å²) < 4.78 is 144. The molecule has 11 heteroatoms. The molecule has 0 aliphatic heterocycles. The molecule has 0 saturated heterocycles. The zero-order chi connectivity index (χ0) is 32.2. The van der Waals surface area contributed by atoms with Crippen LogP contribution in [0.1, 0.15) is 54.0 Å². The van der Waals surface area contributed by atoms with Crippen molar-refractivity contribution >= 4 is 0 Å². The summed E-state index contributed by atoms with van der Waals surface area (Å²) in [5, 5.41) is 0. The second-order valence-corrected chi connectivity index (χ2v) is 9.79. The Morgan fingerprint density at radius 2 is 1.20 bits per heavy atom. The first-order valence-corrected chi connectivity index (χ1v) is 13.2. The van der Waals surface area contributed by atoms with Crippen LogP contribution in [-0.4, -0.2) is 0 Å². The molecule has 230 valence electrons. The maximum Gasteiger partial charge on any atom is 0.432 e. The summed E-state index contributed by atoms with van der Waals surface area (Å²) in [6.07, 6.45) is -5.96. The molecular weight excluding hydrogens is 602 g/mol. The van der Waals surface area contributed by atoms with Gasteiger partial charge in [-0.3, -0.25) is 0 Å². The molecule has 0 spiro atoms. The van der Waals surface area contributed by atoms with E-state index in [2.05, 4.69) is 23.5 Å². The first kappa shape index (κ1) is 32.5. The highest BCUT2D eigenvalue weighted by Gasteiger charge is 2.41. The van der Waals surface area contributed by atoms with Gasteiger partial charge in [-0.25, -0.2) is 22.0 Å². The quantitative estimate of drug-likeness (QED) is 0.108. The van der Waals surface area contributed by atoms with E-state index in [-0.39, 0.29) is 5.56 Å². The van der Waals surface area contributed by atoms with Gasteiger partial charge in [0, 0.05) is 11.6 Å². The van der Waals surface area contributed by atoms with Crippen LogP contribution in [0.15, 0.2) is 66.7 Å². The first-order chi connectivity index (χ1) is 20.7. The molecule has 1 nitrogen and oxygen atoms in total. The molecule has 0 amide bonds. The van der Waals surface area contributed by atoms with Gasteiger partial charge >= 0.3 is 12.3 Å². The van der Waals surface area contributed by atoms with Gasteiger partial charge in [-0.2, -0.15) is 22.0 Å². The lowest BCUT2D eigenvalue weighted by atomic mass is 9.99. The number of alkyl halides is 5. The molecule has 0 N–H and O–H groups in total. The number of rotatable bonds is 8. The average Bonchev–Trinajstić information content (AvgIpc) is 2.91. The Hall–Kier alpha value is -4.46. The number of unbranched alkanes of at least 4 members (excludes halogenated alkanes) is 2. The molecule has 44 heavy (non-hydrogen) atoms. The second-order valence-electron chi connectivity index (χ2n) is 9.79. The minimum Gasteiger partial charge on any atom is -0.429 e. The Bertz CT molecular complexity index is 1670. The van der Waals surface area contributed by atoms with Crippen molar-refractivity contribution in [1.29, 1.82) is 0 Å². The number of hydrogen-bond acceptors (Lipinski definition) is 1. The summed E-state index contributed by atoms with van der Waals surface area (Å²) >= 11 is 0. The fourth-order valence-electron chi connectivity index (χ4n) is 4.38. The van der Waals surface area contributed by atoms with Gasteiger partial charge in [0.25, 0.3) is 0 Å². The van der Waals surface area contributed by atoms with Crippen molar-refractivity contribution in [3.8, 4) is 28.7 Å². The topological polar surface area (TPSA) is 9.23 Å². The molecule has 4 aromatic carbocycles. The monoisotopic (exact) mass is 624 g/mol. The molecule has 0 aromatic heterocycles. The van der Waals surface area contributed by atoms with Crippen LogP contribution in [0.2, 0.25) is 0 Å². The number of hydrogen-bond donors (Lipinski definition) is 0. The van der Waals surface area contributed by atoms with Crippen molar-refractivity contribution in [2.45, 2.75) is 44.9 Å². The summed E-state index contributed by atoms with van der Waals surface area (Å²) in [5.41, 5.74) is -3.44. The molecule has 0 bridgehead atoms. The SMILES string of the molecule is CCCCCc1ccc(-c2cc(F)c(C(F)(F)Oc3ccc(C#Cc4cc(F)c(C(F)(F)F)c(F)c4)c(F)c3)c(F)c2)cc1. The van der Waals surface area contributed by atoms with E-state index in [1.807, 2.05) is 0 Å². The van der Waals surface area contributed by atoms with Crippen LogP contribution in [0.3, 0.4) is 0 Å². The minimum atomic E-state index is -5.29. The van der Waals surface area contributed by atoms with Crippen molar-refractivity contribution < 1.29 is 48.6 Å². The van der Waals surface area contributed by atoms with Crippen LogP contribution in [-0.2, 0) is 18.7 Å². The van der Waals surface area contributed by atoms with Gasteiger partial charge in [0.05, 0.1) is 5.56 Å². The van der Waals surface area contributed by atoms with Gasteiger partial charge in [0.15, 0.2) is 0 Å². The van der Waals surface area contributed by atoms with Crippen molar-refractivity contribution in [3.05, 3.63) is 124 Å². The van der Waals surface area contributed by atoms with E-state index in [0.29, 0.717) is 23.8 Å². The predicted molar refractivity (Wildman–Crippen MR) is 143 cm³/mol. The van der Waals surface area contributed by atoms with Gasteiger partial charge < -0.3 is 4.74 Å². The van der Waals surface area contributed by atoms with Crippen molar-refractivity contribution in [1.82, 2.24) is 0 Å². The van der Waals surface area contributed by atoms with E-state index in [9.17, 15) is 43.9 Å². The Morgan fingerprint density at radius 3 is 1.75 bits per heavy atom. The summed E-state index contributed by atoms with van der Waals surface area (Å²) in [7, 11) is 0. The van der Waals surface area contributed by atoms with Gasteiger partial charge in [0.2, 0.25) is 0 Å². The molecule has 0 fully saturated rings. The molecule has 4 rings (SSSR count). The van der Waals surface area contributed by atoms with Crippen LogP contribution in [0, 0.1) is 40.9 Å². The number of ether oxygens (including phenoxy) is 1. The average molecular weight is 625 g/mol. The van der Waals surface area contributed by atoms with Crippen molar-refractivity contribution in [2.24, 2.45) is 0 Å². The Labute approximate surface area is 246 Å². The lowest BCUT2D eigenvalue weighted by molar-refractivity contribution is -0.189. The normalized spacial score (nSPS) is 11.7. The van der Waals surface area contributed by atoms with E-state index in [1.165, 1.54) is 0 Å². The zero-order valence-electron chi connectivity index (χ0n) is 22.9. The smallest absolute Gasteiger partial charge is 0.429 e. The molecule has 0 unspecified atom stereocenters. The van der Waals surface area contributed by atoms with Crippen molar-refractivity contribution in [2.75, 3.05) is 0 Å². The molecule has 4 aromatic rings. The standard InChI is InChI=1S/C33H22F10O/c1-2-3-4-5-19-6-9-21(10-7-19)23-16-28(37)31(29(38)17-23)33(42,43)44-24-13-12-22(25(34)18-24)11-8-20-14-26(35)30(27(36)15-20)32(39,40)41/h6-7,9-10,12-18H,2-5H2,1H3. The fraction of sp³-hybridized carbons (Fsp3) is 0.212. The van der Waals surface area contributed by atoms with E-state index < -0.39 is 69.4 Å².